The third kappa shape index (κ3) is 4.18. The highest BCUT2D eigenvalue weighted by Crippen LogP contribution is 2.26. The fourth-order valence-electron chi connectivity index (χ4n) is 1.97. The first kappa shape index (κ1) is 15.8. The zero-order chi connectivity index (χ0) is 15.5. The summed E-state index contributed by atoms with van der Waals surface area (Å²) in [7, 11) is 0. The van der Waals surface area contributed by atoms with Gasteiger partial charge in [-0.15, -0.1) is 11.8 Å². The van der Waals surface area contributed by atoms with Gasteiger partial charge in [-0.2, -0.15) is 0 Å². The van der Waals surface area contributed by atoms with E-state index in [4.69, 9.17) is 0 Å². The van der Waals surface area contributed by atoms with Gasteiger partial charge in [-0.3, -0.25) is 4.79 Å². The molecule has 0 fully saturated rings. The summed E-state index contributed by atoms with van der Waals surface area (Å²) < 4.78 is 13.5. The van der Waals surface area contributed by atoms with Crippen molar-refractivity contribution >= 4 is 17.5 Å². The molecule has 2 aromatic rings. The van der Waals surface area contributed by atoms with Crippen molar-refractivity contribution in [3.8, 4) is 0 Å². The van der Waals surface area contributed by atoms with Crippen LogP contribution in [0.2, 0.25) is 0 Å². The lowest BCUT2D eigenvalue weighted by molar-refractivity contribution is 0.101. The molecule has 0 amide bonds. The summed E-state index contributed by atoms with van der Waals surface area (Å²) in [5.41, 5.74) is 1.54. The van der Waals surface area contributed by atoms with E-state index in [1.165, 1.54) is 29.5 Å². The predicted octanol–water partition coefficient (Wildman–Crippen LogP) is 5.10. The summed E-state index contributed by atoms with van der Waals surface area (Å²) in [5.74, 6) is -0.389. The van der Waals surface area contributed by atoms with Crippen LogP contribution in [0.4, 0.5) is 4.39 Å². The average Bonchev–Trinajstić information content (AvgIpc) is 2.45. The van der Waals surface area contributed by atoms with Gasteiger partial charge in [0, 0.05) is 4.90 Å². The number of hydrogen-bond donors (Lipinski definition) is 0. The van der Waals surface area contributed by atoms with Crippen LogP contribution in [0.25, 0.3) is 0 Å². The molecule has 2 rings (SSSR count). The molecule has 0 atom stereocenters. The largest absolute Gasteiger partial charge is 0.293 e. The fourth-order valence-corrected chi connectivity index (χ4v) is 2.75. The van der Waals surface area contributed by atoms with E-state index in [0.29, 0.717) is 0 Å². The number of ketones is 1. The van der Waals surface area contributed by atoms with Crippen LogP contribution in [-0.4, -0.2) is 11.5 Å². The molecule has 110 valence electrons. The van der Waals surface area contributed by atoms with Crippen molar-refractivity contribution in [3.05, 3.63) is 65.5 Å². The van der Waals surface area contributed by atoms with Crippen molar-refractivity contribution < 1.29 is 9.18 Å². The number of hydrogen-bond acceptors (Lipinski definition) is 2. The minimum Gasteiger partial charge on any atom is -0.293 e. The second kappa shape index (κ2) is 6.44. The number of benzene rings is 2. The molecule has 21 heavy (non-hydrogen) atoms. The minimum absolute atomic E-state index is 0.117. The Labute approximate surface area is 129 Å². The van der Waals surface area contributed by atoms with Crippen molar-refractivity contribution in [3.63, 3.8) is 0 Å². The lowest BCUT2D eigenvalue weighted by Crippen LogP contribution is -2.10. The van der Waals surface area contributed by atoms with Gasteiger partial charge < -0.3 is 0 Å². The molecule has 0 aliphatic heterocycles. The molecule has 0 aromatic heterocycles. The highest BCUT2D eigenvalue weighted by molar-refractivity contribution is 8.00. The van der Waals surface area contributed by atoms with Crippen LogP contribution < -0.4 is 0 Å². The molecule has 0 spiro atoms. The molecule has 0 aliphatic rings. The van der Waals surface area contributed by atoms with Crippen molar-refractivity contribution in [2.75, 3.05) is 5.75 Å². The van der Waals surface area contributed by atoms with E-state index >= 15 is 0 Å². The highest BCUT2D eigenvalue weighted by Gasteiger charge is 2.14. The molecular weight excluding hydrogens is 283 g/mol. The Morgan fingerprint density at radius 1 is 1.05 bits per heavy atom. The Bertz CT molecular complexity index is 626. The van der Waals surface area contributed by atoms with Gasteiger partial charge in [0.25, 0.3) is 0 Å². The molecule has 0 heterocycles. The van der Waals surface area contributed by atoms with Crippen LogP contribution in [-0.2, 0) is 5.41 Å². The van der Waals surface area contributed by atoms with Gasteiger partial charge in [0.2, 0.25) is 0 Å². The highest BCUT2D eigenvalue weighted by atomic mass is 32.2. The maximum absolute atomic E-state index is 13.5. The van der Waals surface area contributed by atoms with Crippen molar-refractivity contribution in [2.24, 2.45) is 0 Å². The number of Topliss-reactive ketones (excluding diaryl/α,β-unsaturated/α-hetero) is 1. The summed E-state index contributed by atoms with van der Waals surface area (Å²) in [4.78, 5) is 13.0. The molecule has 0 saturated heterocycles. The van der Waals surface area contributed by atoms with Gasteiger partial charge in [0.05, 0.1) is 11.3 Å². The normalized spacial score (nSPS) is 11.4. The van der Waals surface area contributed by atoms with Gasteiger partial charge in [0.1, 0.15) is 5.82 Å². The first-order valence-corrected chi connectivity index (χ1v) is 7.87. The van der Waals surface area contributed by atoms with Crippen LogP contribution in [0.3, 0.4) is 0 Å². The Hall–Kier alpha value is -1.61. The van der Waals surface area contributed by atoms with Crippen LogP contribution in [0.1, 0.15) is 36.7 Å². The van der Waals surface area contributed by atoms with Crippen molar-refractivity contribution in [1.82, 2.24) is 0 Å². The van der Waals surface area contributed by atoms with Crippen LogP contribution >= 0.6 is 11.8 Å². The van der Waals surface area contributed by atoms with E-state index < -0.39 is 5.82 Å². The second-order valence-corrected chi connectivity index (χ2v) is 7.01. The SMILES string of the molecule is CC(C)(C)c1ccc(SCC(=O)c2ccccc2F)cc1. The van der Waals surface area contributed by atoms with E-state index in [2.05, 4.69) is 32.9 Å². The molecule has 0 saturated carbocycles. The summed E-state index contributed by atoms with van der Waals surface area (Å²) in [6.07, 6.45) is 0. The fraction of sp³-hybridized carbons (Fsp3) is 0.278. The second-order valence-electron chi connectivity index (χ2n) is 5.97. The van der Waals surface area contributed by atoms with Crippen LogP contribution in [0, 0.1) is 5.82 Å². The molecule has 0 unspecified atom stereocenters. The number of carbonyl (C=O) groups excluding carboxylic acids is 1. The summed E-state index contributed by atoms with van der Waals surface area (Å²) in [6.45, 7) is 6.49. The minimum atomic E-state index is -0.453. The zero-order valence-corrected chi connectivity index (χ0v) is 13.3. The Kier molecular flexibility index (Phi) is 4.84. The van der Waals surface area contributed by atoms with E-state index in [9.17, 15) is 9.18 Å². The topological polar surface area (TPSA) is 17.1 Å². The third-order valence-electron chi connectivity index (χ3n) is 3.26. The first-order valence-electron chi connectivity index (χ1n) is 6.89. The van der Waals surface area contributed by atoms with E-state index in [0.717, 1.165) is 4.90 Å². The van der Waals surface area contributed by atoms with E-state index in [1.54, 1.807) is 12.1 Å². The van der Waals surface area contributed by atoms with Crippen LogP contribution in [0.15, 0.2) is 53.4 Å². The Morgan fingerprint density at radius 3 is 2.24 bits per heavy atom. The Morgan fingerprint density at radius 2 is 1.67 bits per heavy atom. The maximum Gasteiger partial charge on any atom is 0.176 e. The molecule has 0 N–H and O–H groups in total. The predicted molar refractivity (Wildman–Crippen MR) is 86.6 cm³/mol. The van der Waals surface area contributed by atoms with Crippen molar-refractivity contribution in [1.29, 1.82) is 0 Å². The quantitative estimate of drug-likeness (QED) is 0.577. The molecule has 0 bridgehead atoms. The van der Waals surface area contributed by atoms with Crippen LogP contribution in [0.5, 0.6) is 0 Å². The van der Waals surface area contributed by atoms with Gasteiger partial charge in [-0.05, 0) is 35.2 Å². The zero-order valence-electron chi connectivity index (χ0n) is 12.5. The first-order chi connectivity index (χ1) is 9.88. The standard InChI is InChI=1S/C18H19FOS/c1-18(2,3)13-8-10-14(11-9-13)21-12-17(20)15-6-4-5-7-16(15)19/h4-11H,12H2,1-3H3. The van der Waals surface area contributed by atoms with Gasteiger partial charge in [-0.1, -0.05) is 45.0 Å². The number of carbonyl (C=O) groups is 1. The maximum atomic E-state index is 13.5. The summed E-state index contributed by atoms with van der Waals surface area (Å²) in [5, 5.41) is 0. The molecule has 0 radical (unpaired) electrons. The molecular formula is C18H19FOS. The average molecular weight is 302 g/mol. The number of halogens is 1. The molecule has 2 aromatic carbocycles. The molecule has 0 aliphatic carbocycles. The Balaban J connectivity index is 2.00. The lowest BCUT2D eigenvalue weighted by Gasteiger charge is -2.19. The summed E-state index contributed by atoms with van der Waals surface area (Å²) >= 11 is 1.44. The van der Waals surface area contributed by atoms with Gasteiger partial charge >= 0.3 is 0 Å². The monoisotopic (exact) mass is 302 g/mol. The number of thioether (sulfide) groups is 1. The number of rotatable bonds is 4. The smallest absolute Gasteiger partial charge is 0.176 e. The van der Waals surface area contributed by atoms with E-state index in [-0.39, 0.29) is 22.5 Å². The van der Waals surface area contributed by atoms with Gasteiger partial charge in [0.15, 0.2) is 5.78 Å². The molecule has 1 nitrogen and oxygen atoms in total. The third-order valence-corrected chi connectivity index (χ3v) is 4.28. The van der Waals surface area contributed by atoms with Gasteiger partial charge in [-0.25, -0.2) is 4.39 Å². The van der Waals surface area contributed by atoms with Crippen molar-refractivity contribution in [2.45, 2.75) is 31.1 Å². The lowest BCUT2D eigenvalue weighted by atomic mass is 9.87. The summed E-state index contributed by atoms with van der Waals surface area (Å²) in [6, 6.07) is 14.3. The molecule has 3 heteroatoms. The van der Waals surface area contributed by atoms with E-state index in [1.807, 2.05) is 12.1 Å².